The second kappa shape index (κ2) is 6.58. The Hall–Kier alpha value is -3.65. The third-order valence-electron chi connectivity index (χ3n) is 4.87. The number of rotatable bonds is 3. The molecular formula is C25H18N2. The highest BCUT2D eigenvalue weighted by Gasteiger charge is 2.11. The van der Waals surface area contributed by atoms with Gasteiger partial charge in [0.2, 0.25) is 0 Å². The summed E-state index contributed by atoms with van der Waals surface area (Å²) >= 11 is 0. The van der Waals surface area contributed by atoms with Gasteiger partial charge >= 0.3 is 0 Å². The van der Waals surface area contributed by atoms with Crippen molar-refractivity contribution in [3.05, 3.63) is 103 Å². The average Bonchev–Trinajstić information content (AvgIpc) is 3.19. The highest BCUT2D eigenvalue weighted by atomic mass is 14.9. The number of nitrogens with zero attached hydrogens (tertiary/aromatic N) is 1. The van der Waals surface area contributed by atoms with Crippen LogP contribution in [0.2, 0.25) is 0 Å². The van der Waals surface area contributed by atoms with E-state index in [1.165, 1.54) is 22.3 Å². The number of nitrogens with one attached hydrogen (secondary N) is 1. The summed E-state index contributed by atoms with van der Waals surface area (Å²) in [6, 6.07) is 35.7. The van der Waals surface area contributed by atoms with E-state index in [4.69, 9.17) is 4.98 Å². The van der Waals surface area contributed by atoms with Gasteiger partial charge < -0.3 is 4.98 Å². The smallest absolute Gasteiger partial charge is 0.139 e. The molecule has 0 aliphatic carbocycles. The second-order valence-electron chi connectivity index (χ2n) is 6.59. The number of para-hydroxylation sites is 2. The fraction of sp³-hybridized carbons (Fsp3) is 0. The Balaban J connectivity index is 1.58. The first-order valence-electron chi connectivity index (χ1n) is 9.08. The molecule has 5 rings (SSSR count). The Morgan fingerprint density at radius 3 is 1.85 bits per heavy atom. The second-order valence-corrected chi connectivity index (χ2v) is 6.59. The number of hydrogen-bond donors (Lipinski definition) is 1. The number of benzene rings is 4. The predicted molar refractivity (Wildman–Crippen MR) is 112 cm³/mol. The van der Waals surface area contributed by atoms with Gasteiger partial charge in [-0.15, -0.1) is 0 Å². The quantitative estimate of drug-likeness (QED) is 0.393. The molecule has 0 spiro atoms. The number of aromatic amines is 1. The van der Waals surface area contributed by atoms with Crippen LogP contribution in [0.5, 0.6) is 0 Å². The maximum absolute atomic E-state index is 4.78. The number of imidazole rings is 1. The lowest BCUT2D eigenvalue weighted by molar-refractivity contribution is 1.34. The zero-order valence-corrected chi connectivity index (χ0v) is 14.8. The molecule has 0 atom stereocenters. The van der Waals surface area contributed by atoms with Crippen LogP contribution in [0.25, 0.3) is 44.7 Å². The van der Waals surface area contributed by atoms with Gasteiger partial charge in [0.15, 0.2) is 0 Å². The van der Waals surface area contributed by atoms with Crippen LogP contribution >= 0.6 is 0 Å². The molecule has 5 aromatic rings. The lowest BCUT2D eigenvalue weighted by atomic mass is 9.97. The van der Waals surface area contributed by atoms with Gasteiger partial charge in [0.1, 0.15) is 5.82 Å². The summed E-state index contributed by atoms with van der Waals surface area (Å²) in [5, 5.41) is 0. The molecule has 0 saturated carbocycles. The summed E-state index contributed by atoms with van der Waals surface area (Å²) in [6.07, 6.45) is 0. The van der Waals surface area contributed by atoms with Crippen molar-refractivity contribution >= 4 is 11.0 Å². The van der Waals surface area contributed by atoms with Crippen molar-refractivity contribution in [1.82, 2.24) is 9.97 Å². The van der Waals surface area contributed by atoms with Crippen molar-refractivity contribution < 1.29 is 0 Å². The van der Waals surface area contributed by atoms with Crippen molar-refractivity contribution in [3.63, 3.8) is 0 Å². The standard InChI is InChI=1S/C25H18N2/c1-2-8-18(9-3-1)19-14-16-20(17-15-19)21-10-4-5-11-22(21)25-26-23-12-6-7-13-24(23)27-25/h1-17H,(H,26,27). The minimum absolute atomic E-state index is 0.902. The van der Waals surface area contributed by atoms with Crippen LogP contribution in [0, 0.1) is 0 Å². The maximum atomic E-state index is 4.78. The summed E-state index contributed by atoms with van der Waals surface area (Å²) in [4.78, 5) is 8.23. The molecule has 0 aliphatic rings. The Labute approximate surface area is 158 Å². The number of H-pyrrole nitrogens is 1. The normalized spacial score (nSPS) is 11.0. The largest absolute Gasteiger partial charge is 0.338 e. The zero-order chi connectivity index (χ0) is 18.1. The minimum atomic E-state index is 0.902. The van der Waals surface area contributed by atoms with Crippen LogP contribution in [0.15, 0.2) is 103 Å². The maximum Gasteiger partial charge on any atom is 0.139 e. The van der Waals surface area contributed by atoms with Gasteiger partial charge in [-0.25, -0.2) is 4.98 Å². The molecular weight excluding hydrogens is 328 g/mol. The van der Waals surface area contributed by atoms with Crippen LogP contribution < -0.4 is 0 Å². The highest BCUT2D eigenvalue weighted by Crippen LogP contribution is 2.32. The summed E-state index contributed by atoms with van der Waals surface area (Å²) in [5.74, 6) is 0.902. The van der Waals surface area contributed by atoms with Crippen LogP contribution in [-0.4, -0.2) is 9.97 Å². The van der Waals surface area contributed by atoms with Crippen LogP contribution in [0.4, 0.5) is 0 Å². The van der Waals surface area contributed by atoms with Gasteiger partial charge in [0.25, 0.3) is 0 Å². The van der Waals surface area contributed by atoms with Crippen LogP contribution in [-0.2, 0) is 0 Å². The molecule has 0 radical (unpaired) electrons. The summed E-state index contributed by atoms with van der Waals surface area (Å²) in [6.45, 7) is 0. The molecule has 27 heavy (non-hydrogen) atoms. The summed E-state index contributed by atoms with van der Waals surface area (Å²) in [5.41, 5.74) is 7.97. The van der Waals surface area contributed by atoms with E-state index in [-0.39, 0.29) is 0 Å². The Bertz CT molecular complexity index is 1170. The number of fused-ring (bicyclic) bond motifs is 1. The fourth-order valence-electron chi connectivity index (χ4n) is 3.49. The Kier molecular flexibility index (Phi) is 3.80. The first-order chi connectivity index (χ1) is 13.4. The van der Waals surface area contributed by atoms with Gasteiger partial charge in [-0.2, -0.15) is 0 Å². The van der Waals surface area contributed by atoms with Gasteiger partial charge in [-0.3, -0.25) is 0 Å². The van der Waals surface area contributed by atoms with Crippen molar-refractivity contribution in [2.75, 3.05) is 0 Å². The third-order valence-corrected chi connectivity index (χ3v) is 4.87. The number of hydrogen-bond acceptors (Lipinski definition) is 1. The monoisotopic (exact) mass is 346 g/mol. The van der Waals surface area contributed by atoms with E-state index >= 15 is 0 Å². The lowest BCUT2D eigenvalue weighted by Crippen LogP contribution is -1.87. The van der Waals surface area contributed by atoms with Crippen molar-refractivity contribution in [2.24, 2.45) is 0 Å². The van der Waals surface area contributed by atoms with Crippen LogP contribution in [0.3, 0.4) is 0 Å². The van der Waals surface area contributed by atoms with E-state index in [2.05, 4.69) is 83.8 Å². The van der Waals surface area contributed by atoms with Gasteiger partial charge in [-0.1, -0.05) is 91.0 Å². The van der Waals surface area contributed by atoms with E-state index in [0.717, 1.165) is 22.4 Å². The third kappa shape index (κ3) is 2.91. The van der Waals surface area contributed by atoms with Crippen LogP contribution in [0.1, 0.15) is 0 Å². The van der Waals surface area contributed by atoms with E-state index in [1.807, 2.05) is 24.3 Å². The van der Waals surface area contributed by atoms with E-state index < -0.39 is 0 Å². The fourth-order valence-corrected chi connectivity index (χ4v) is 3.49. The predicted octanol–water partition coefficient (Wildman–Crippen LogP) is 6.56. The molecule has 1 aromatic heterocycles. The topological polar surface area (TPSA) is 28.7 Å². The molecule has 2 heteroatoms. The van der Waals surface area contributed by atoms with Crippen molar-refractivity contribution in [2.45, 2.75) is 0 Å². The molecule has 0 saturated heterocycles. The molecule has 0 aliphatic heterocycles. The van der Waals surface area contributed by atoms with E-state index in [9.17, 15) is 0 Å². The van der Waals surface area contributed by atoms with Crippen molar-refractivity contribution in [3.8, 4) is 33.6 Å². The molecule has 1 N–H and O–H groups in total. The molecule has 0 bridgehead atoms. The Morgan fingerprint density at radius 2 is 1.07 bits per heavy atom. The van der Waals surface area contributed by atoms with Gasteiger partial charge in [-0.05, 0) is 34.4 Å². The molecule has 0 amide bonds. The van der Waals surface area contributed by atoms with Crippen molar-refractivity contribution in [1.29, 1.82) is 0 Å². The molecule has 0 fully saturated rings. The number of aromatic nitrogens is 2. The molecule has 128 valence electrons. The lowest BCUT2D eigenvalue weighted by Gasteiger charge is -2.09. The average molecular weight is 346 g/mol. The summed E-state index contributed by atoms with van der Waals surface area (Å²) < 4.78 is 0. The molecule has 2 nitrogen and oxygen atoms in total. The van der Waals surface area contributed by atoms with Gasteiger partial charge in [0.05, 0.1) is 11.0 Å². The summed E-state index contributed by atoms with van der Waals surface area (Å²) in [7, 11) is 0. The molecule has 4 aromatic carbocycles. The molecule has 0 unspecified atom stereocenters. The Morgan fingerprint density at radius 1 is 0.481 bits per heavy atom. The van der Waals surface area contributed by atoms with E-state index in [0.29, 0.717) is 0 Å². The zero-order valence-electron chi connectivity index (χ0n) is 14.8. The van der Waals surface area contributed by atoms with Gasteiger partial charge in [0, 0.05) is 5.56 Å². The highest BCUT2D eigenvalue weighted by molar-refractivity contribution is 5.86. The minimum Gasteiger partial charge on any atom is -0.338 e. The molecule has 1 heterocycles. The SMILES string of the molecule is c1ccc(-c2ccc(-c3ccccc3-c3nc4ccccc4[nH]3)cc2)cc1. The first kappa shape index (κ1) is 15.6. The first-order valence-corrected chi connectivity index (χ1v) is 9.08. The van der Waals surface area contributed by atoms with E-state index in [1.54, 1.807) is 0 Å².